The monoisotopic (exact) mass is 538 g/mol. The fraction of sp³-hybridized carbons (Fsp3) is 0.111. The van der Waals surface area contributed by atoms with Gasteiger partial charge in [-0.1, -0.05) is 12.1 Å². The van der Waals surface area contributed by atoms with Crippen molar-refractivity contribution in [2.24, 2.45) is 0 Å². The van der Waals surface area contributed by atoms with E-state index in [0.717, 1.165) is 48.3 Å². The highest BCUT2D eigenvalue weighted by Gasteiger charge is 2.18. The smallest absolute Gasteiger partial charge is 0.118 e. The number of halogens is 3. The van der Waals surface area contributed by atoms with Gasteiger partial charge in [0.1, 0.15) is 17.0 Å². The molecule has 0 bridgehead atoms. The van der Waals surface area contributed by atoms with Crippen molar-refractivity contribution in [1.82, 2.24) is 19.5 Å². The average Bonchev–Trinajstić information content (AvgIpc) is 3.19. The molecule has 0 saturated heterocycles. The van der Waals surface area contributed by atoms with E-state index in [1.807, 2.05) is 24.5 Å². The third kappa shape index (κ3) is 3.10. The number of nitrogens with one attached hydrogen (secondary N) is 1. The molecule has 4 aromatic rings. The van der Waals surface area contributed by atoms with Crippen LogP contribution in [0.1, 0.15) is 5.56 Å². The Morgan fingerprint density at radius 2 is 1.81 bits per heavy atom. The van der Waals surface area contributed by atoms with Gasteiger partial charge in [0.25, 0.3) is 0 Å². The van der Waals surface area contributed by atoms with Crippen LogP contribution in [0.4, 0.5) is 0 Å². The summed E-state index contributed by atoms with van der Waals surface area (Å²) in [5, 5.41) is 0. The lowest BCUT2D eigenvalue weighted by Crippen LogP contribution is -1.98. The number of rotatable bonds is 4. The van der Waals surface area contributed by atoms with Crippen LogP contribution in [0.3, 0.4) is 0 Å². The number of aromatic amines is 1. The maximum absolute atomic E-state index is 5.22. The van der Waals surface area contributed by atoms with E-state index >= 15 is 0 Å². The van der Waals surface area contributed by atoms with E-state index in [9.17, 15) is 0 Å². The molecule has 8 heteroatoms. The Morgan fingerprint density at radius 3 is 2.46 bits per heavy atom. The summed E-state index contributed by atoms with van der Waals surface area (Å²) in [5.41, 5.74) is 4.73. The maximum atomic E-state index is 5.22. The van der Waals surface area contributed by atoms with Gasteiger partial charge in [0.05, 0.1) is 38.2 Å². The zero-order valence-corrected chi connectivity index (χ0v) is 18.4. The Bertz CT molecular complexity index is 1090. The van der Waals surface area contributed by atoms with Crippen LogP contribution in [0, 0.1) is 0 Å². The van der Waals surface area contributed by atoms with Gasteiger partial charge in [0.15, 0.2) is 0 Å². The molecule has 0 unspecified atom stereocenters. The molecule has 3 heterocycles. The quantitative estimate of drug-likeness (QED) is 0.357. The van der Waals surface area contributed by atoms with Crippen molar-refractivity contribution in [2.75, 3.05) is 7.11 Å². The minimum Gasteiger partial charge on any atom is -0.497 e. The molecular weight excluding hydrogens is 528 g/mol. The molecule has 0 atom stereocenters. The van der Waals surface area contributed by atoms with Crippen LogP contribution in [0.15, 0.2) is 56.4 Å². The molecule has 0 spiro atoms. The largest absolute Gasteiger partial charge is 0.497 e. The van der Waals surface area contributed by atoms with Gasteiger partial charge < -0.3 is 14.3 Å². The van der Waals surface area contributed by atoms with Gasteiger partial charge in [-0.25, -0.2) is 4.98 Å². The van der Waals surface area contributed by atoms with Gasteiger partial charge in [-0.15, -0.1) is 0 Å². The number of ether oxygens (including phenoxy) is 1. The second-order valence-corrected chi connectivity index (χ2v) is 8.07. The number of methoxy groups -OCH3 is 1. The average molecular weight is 541 g/mol. The summed E-state index contributed by atoms with van der Waals surface area (Å²) in [4.78, 5) is 12.4. The first-order chi connectivity index (χ1) is 12.6. The van der Waals surface area contributed by atoms with Gasteiger partial charge in [0, 0.05) is 12.7 Å². The van der Waals surface area contributed by atoms with Gasteiger partial charge in [0.2, 0.25) is 0 Å². The Balaban J connectivity index is 1.76. The minimum absolute atomic E-state index is 0.725. The fourth-order valence-electron chi connectivity index (χ4n) is 2.82. The third-order valence-corrected chi connectivity index (χ3v) is 7.37. The second kappa shape index (κ2) is 7.17. The number of pyridine rings is 1. The van der Waals surface area contributed by atoms with Crippen molar-refractivity contribution in [1.29, 1.82) is 0 Å². The van der Waals surface area contributed by atoms with E-state index in [-0.39, 0.29) is 0 Å². The summed E-state index contributed by atoms with van der Waals surface area (Å²) < 4.78 is 10.0. The summed E-state index contributed by atoms with van der Waals surface area (Å²) >= 11 is 10.6. The first kappa shape index (κ1) is 17.8. The van der Waals surface area contributed by atoms with E-state index in [2.05, 4.69) is 79.4 Å². The van der Waals surface area contributed by atoms with E-state index in [1.165, 1.54) is 5.56 Å². The van der Waals surface area contributed by atoms with Crippen LogP contribution in [-0.2, 0) is 6.54 Å². The molecule has 1 aromatic carbocycles. The normalized spacial score (nSPS) is 11.2. The Hall–Kier alpha value is -1.64. The number of nitrogens with zero attached hydrogens (tertiary/aromatic N) is 3. The number of imidazole rings is 1. The van der Waals surface area contributed by atoms with Crippen molar-refractivity contribution in [2.45, 2.75) is 6.54 Å². The van der Waals surface area contributed by atoms with Crippen LogP contribution < -0.4 is 4.74 Å². The highest BCUT2D eigenvalue weighted by molar-refractivity contribution is 9.14. The van der Waals surface area contributed by atoms with Crippen LogP contribution in [0.2, 0.25) is 0 Å². The number of hydrogen-bond acceptors (Lipinski definition) is 3. The highest BCUT2D eigenvalue weighted by Crippen LogP contribution is 2.40. The van der Waals surface area contributed by atoms with Crippen molar-refractivity contribution >= 4 is 58.8 Å². The lowest BCUT2D eigenvalue weighted by molar-refractivity contribution is 0.414. The maximum Gasteiger partial charge on any atom is 0.118 e. The molecule has 1 N–H and O–H groups in total. The minimum atomic E-state index is 0.725. The zero-order chi connectivity index (χ0) is 18.3. The summed E-state index contributed by atoms with van der Waals surface area (Å²) in [5.74, 6) is 0.850. The number of aromatic nitrogens is 4. The molecule has 0 aliphatic carbocycles. The van der Waals surface area contributed by atoms with E-state index < -0.39 is 0 Å². The number of fused-ring (bicyclic) bond motifs is 1. The summed E-state index contributed by atoms with van der Waals surface area (Å²) in [6.45, 7) is 0.725. The Morgan fingerprint density at radius 1 is 1.04 bits per heavy atom. The van der Waals surface area contributed by atoms with Crippen molar-refractivity contribution < 1.29 is 4.74 Å². The first-order valence-electron chi connectivity index (χ1n) is 7.74. The lowest BCUT2D eigenvalue weighted by Gasteiger charge is -2.07. The van der Waals surface area contributed by atoms with Crippen molar-refractivity contribution in [3.05, 3.63) is 62.0 Å². The highest BCUT2D eigenvalue weighted by atomic mass is 79.9. The van der Waals surface area contributed by atoms with Gasteiger partial charge >= 0.3 is 0 Å². The number of benzene rings is 1. The molecule has 4 rings (SSSR count). The molecule has 0 saturated carbocycles. The molecule has 0 aliphatic rings. The SMILES string of the molecule is COc1ccc(Cn2cnc3c(-c4[nH]c(Br)c(Br)c4Br)nccc32)cc1. The van der Waals surface area contributed by atoms with Gasteiger partial charge in [-0.2, -0.15) is 0 Å². The second-order valence-electron chi connectivity index (χ2n) is 5.69. The predicted molar refractivity (Wildman–Crippen MR) is 113 cm³/mol. The molecule has 0 aliphatic heterocycles. The number of hydrogen-bond donors (Lipinski definition) is 1. The molecule has 3 aromatic heterocycles. The molecule has 0 fully saturated rings. The first-order valence-corrected chi connectivity index (χ1v) is 10.1. The van der Waals surface area contributed by atoms with E-state index in [1.54, 1.807) is 13.3 Å². The molecular formula is C18H13Br3N4O. The molecule has 0 radical (unpaired) electrons. The predicted octanol–water partition coefficient (Wildman–Crippen LogP) is 5.77. The summed E-state index contributed by atoms with van der Waals surface area (Å²) in [6.07, 6.45) is 3.65. The Kier molecular flexibility index (Phi) is 4.90. The summed E-state index contributed by atoms with van der Waals surface area (Å²) in [6, 6.07) is 10.0. The van der Waals surface area contributed by atoms with Crippen LogP contribution in [0.5, 0.6) is 5.75 Å². The topological polar surface area (TPSA) is 55.7 Å². The van der Waals surface area contributed by atoms with Crippen LogP contribution >= 0.6 is 47.8 Å². The fourth-order valence-corrected chi connectivity index (χ4v) is 4.26. The molecule has 26 heavy (non-hydrogen) atoms. The Labute approximate surface area is 175 Å². The van der Waals surface area contributed by atoms with Crippen molar-refractivity contribution in [3.8, 4) is 17.1 Å². The summed E-state index contributed by atoms with van der Waals surface area (Å²) in [7, 11) is 1.67. The van der Waals surface area contributed by atoms with Crippen LogP contribution in [-0.4, -0.2) is 26.6 Å². The standard InChI is InChI=1S/C18H13Br3N4O/c1-26-11-4-2-10(3-5-11)8-25-9-23-15-12(25)6-7-22-17(15)16-13(19)14(20)18(21)24-16/h2-7,9,24H,8H2,1H3. The van der Waals surface area contributed by atoms with Gasteiger partial charge in [-0.05, 0) is 71.6 Å². The number of H-pyrrole nitrogens is 1. The van der Waals surface area contributed by atoms with Gasteiger partial charge in [-0.3, -0.25) is 4.98 Å². The van der Waals surface area contributed by atoms with Crippen LogP contribution in [0.25, 0.3) is 22.4 Å². The zero-order valence-electron chi connectivity index (χ0n) is 13.6. The van der Waals surface area contributed by atoms with Crippen molar-refractivity contribution in [3.63, 3.8) is 0 Å². The molecule has 5 nitrogen and oxygen atoms in total. The van der Waals surface area contributed by atoms with E-state index in [0.29, 0.717) is 0 Å². The third-order valence-electron chi connectivity index (χ3n) is 4.13. The van der Waals surface area contributed by atoms with E-state index in [4.69, 9.17) is 4.74 Å². The molecule has 0 amide bonds. The lowest BCUT2D eigenvalue weighted by atomic mass is 10.2. The molecule has 132 valence electrons.